The summed E-state index contributed by atoms with van der Waals surface area (Å²) in [5.41, 5.74) is 6.68. The zero-order valence-electron chi connectivity index (χ0n) is 11.1. The molecule has 5 heteroatoms. The van der Waals surface area contributed by atoms with Crippen molar-refractivity contribution >= 4 is 23.4 Å². The van der Waals surface area contributed by atoms with E-state index in [9.17, 15) is 4.79 Å². The summed E-state index contributed by atoms with van der Waals surface area (Å²) in [4.78, 5) is 12.9. The first-order valence-corrected chi connectivity index (χ1v) is 7.55. The number of nitrogen functional groups attached to an aromatic ring is 1. The molecule has 0 bridgehead atoms. The van der Waals surface area contributed by atoms with Crippen LogP contribution in [0.4, 0.5) is 5.69 Å². The first-order valence-electron chi connectivity index (χ1n) is 6.67. The summed E-state index contributed by atoms with van der Waals surface area (Å²) in [6, 6.07) is 5.61. The van der Waals surface area contributed by atoms with Gasteiger partial charge in [-0.15, -0.1) is 11.8 Å². The van der Waals surface area contributed by atoms with Crippen molar-refractivity contribution < 1.29 is 9.53 Å². The predicted molar refractivity (Wildman–Crippen MR) is 78.5 cm³/mol. The number of carbonyl (C=O) groups is 1. The third-order valence-corrected chi connectivity index (χ3v) is 4.39. The number of hydrogen-bond donors (Lipinski definition) is 2. The highest BCUT2D eigenvalue weighted by molar-refractivity contribution is 8.00. The number of rotatable bonds is 4. The molecule has 1 aromatic rings. The minimum absolute atomic E-state index is 0.0540. The molecule has 4 nitrogen and oxygen atoms in total. The highest BCUT2D eigenvalue weighted by Crippen LogP contribution is 2.34. The Kier molecular flexibility index (Phi) is 4.96. The molecule has 1 fully saturated rings. The highest BCUT2D eigenvalue weighted by Gasteiger charge is 2.22. The number of hydrogen-bond acceptors (Lipinski definition) is 4. The summed E-state index contributed by atoms with van der Waals surface area (Å²) in [5.74, 6) is 0.914. The molecule has 1 amide bonds. The van der Waals surface area contributed by atoms with Crippen LogP contribution in [0.25, 0.3) is 0 Å². The number of thioether (sulfide) groups is 1. The van der Waals surface area contributed by atoms with Crippen molar-refractivity contribution in [1.82, 2.24) is 5.32 Å². The Balaban J connectivity index is 2.12. The molecule has 1 aliphatic rings. The van der Waals surface area contributed by atoms with Gasteiger partial charge in [-0.1, -0.05) is 6.42 Å². The smallest absolute Gasteiger partial charge is 0.233 e. The lowest BCUT2D eigenvalue weighted by Gasteiger charge is -2.15. The average Bonchev–Trinajstić information content (AvgIpc) is 2.59. The predicted octanol–water partition coefficient (Wildman–Crippen LogP) is 2.43. The van der Waals surface area contributed by atoms with Gasteiger partial charge in [0.15, 0.2) is 0 Å². The average molecular weight is 280 g/mol. The Labute approximate surface area is 118 Å². The Morgan fingerprint density at radius 1 is 1.47 bits per heavy atom. The van der Waals surface area contributed by atoms with E-state index in [4.69, 9.17) is 10.5 Å². The van der Waals surface area contributed by atoms with Gasteiger partial charge in [0.1, 0.15) is 5.75 Å². The van der Waals surface area contributed by atoms with Crippen LogP contribution in [0.5, 0.6) is 5.75 Å². The molecule has 1 unspecified atom stereocenters. The van der Waals surface area contributed by atoms with Gasteiger partial charge in [-0.2, -0.15) is 0 Å². The Morgan fingerprint density at radius 3 is 3.11 bits per heavy atom. The molecule has 3 N–H and O–H groups in total. The molecule has 0 saturated carbocycles. The second-order valence-corrected chi connectivity index (χ2v) is 5.77. The highest BCUT2D eigenvalue weighted by atomic mass is 32.2. The van der Waals surface area contributed by atoms with Crippen LogP contribution < -0.4 is 15.8 Å². The van der Waals surface area contributed by atoms with Crippen LogP contribution in [0.3, 0.4) is 0 Å². The van der Waals surface area contributed by atoms with Crippen LogP contribution in [0.2, 0.25) is 0 Å². The first-order chi connectivity index (χ1) is 9.20. The van der Waals surface area contributed by atoms with Crippen LogP contribution >= 0.6 is 11.8 Å². The van der Waals surface area contributed by atoms with Crippen molar-refractivity contribution in [2.45, 2.75) is 36.3 Å². The van der Waals surface area contributed by atoms with Crippen molar-refractivity contribution in [2.24, 2.45) is 0 Å². The molecule has 19 heavy (non-hydrogen) atoms. The fourth-order valence-electron chi connectivity index (χ4n) is 2.05. The fourth-order valence-corrected chi connectivity index (χ4v) is 3.22. The number of ether oxygens (including phenoxy) is 1. The molecular weight excluding hydrogens is 260 g/mol. The van der Waals surface area contributed by atoms with Crippen LogP contribution in [0, 0.1) is 0 Å². The molecular formula is C14H20N2O2S. The van der Waals surface area contributed by atoms with Crippen molar-refractivity contribution in [3.05, 3.63) is 18.2 Å². The molecule has 0 spiro atoms. The number of anilines is 1. The van der Waals surface area contributed by atoms with Crippen molar-refractivity contribution in [1.29, 1.82) is 0 Å². The molecule has 0 aliphatic carbocycles. The van der Waals surface area contributed by atoms with Gasteiger partial charge in [-0.05, 0) is 38.0 Å². The third-order valence-electron chi connectivity index (χ3n) is 3.05. The maximum Gasteiger partial charge on any atom is 0.233 e. The largest absolute Gasteiger partial charge is 0.494 e. The zero-order chi connectivity index (χ0) is 13.7. The van der Waals surface area contributed by atoms with Crippen LogP contribution in [0.1, 0.15) is 26.2 Å². The molecule has 104 valence electrons. The maximum absolute atomic E-state index is 11.9. The summed E-state index contributed by atoms with van der Waals surface area (Å²) in [6.07, 6.45) is 3.02. The lowest BCUT2D eigenvalue weighted by atomic mass is 10.2. The van der Waals surface area contributed by atoms with Gasteiger partial charge in [0, 0.05) is 17.1 Å². The zero-order valence-corrected chi connectivity index (χ0v) is 12.0. The van der Waals surface area contributed by atoms with Gasteiger partial charge in [-0.25, -0.2) is 0 Å². The SMILES string of the molecule is CCOc1ccc(N)c(SC2CCCCNC2=O)c1. The Bertz CT molecular complexity index is 451. The first kappa shape index (κ1) is 14.1. The Hall–Kier alpha value is -1.36. The van der Waals surface area contributed by atoms with Crippen molar-refractivity contribution in [2.75, 3.05) is 18.9 Å². The molecule has 2 rings (SSSR count). The van der Waals surface area contributed by atoms with E-state index in [0.717, 1.165) is 36.5 Å². The van der Waals surface area contributed by atoms with Gasteiger partial charge in [-0.3, -0.25) is 4.79 Å². The summed E-state index contributed by atoms with van der Waals surface area (Å²) >= 11 is 1.54. The number of carbonyl (C=O) groups excluding carboxylic acids is 1. The van der Waals surface area contributed by atoms with Gasteiger partial charge in [0.2, 0.25) is 5.91 Å². The van der Waals surface area contributed by atoms with Crippen molar-refractivity contribution in [3.63, 3.8) is 0 Å². The van der Waals surface area contributed by atoms with Gasteiger partial charge in [0.25, 0.3) is 0 Å². The van der Waals surface area contributed by atoms with E-state index in [0.29, 0.717) is 12.3 Å². The van der Waals surface area contributed by atoms with Crippen LogP contribution in [-0.4, -0.2) is 24.3 Å². The van der Waals surface area contributed by atoms with E-state index in [1.807, 2.05) is 25.1 Å². The number of nitrogens with one attached hydrogen (secondary N) is 1. The summed E-state index contributed by atoms with van der Waals surface area (Å²) < 4.78 is 5.47. The Morgan fingerprint density at radius 2 is 2.32 bits per heavy atom. The fraction of sp³-hybridized carbons (Fsp3) is 0.500. The van der Waals surface area contributed by atoms with Gasteiger partial charge < -0.3 is 15.8 Å². The molecule has 0 aromatic heterocycles. The monoisotopic (exact) mass is 280 g/mol. The van der Waals surface area contributed by atoms with Crippen molar-refractivity contribution in [3.8, 4) is 5.75 Å². The van der Waals surface area contributed by atoms with E-state index in [2.05, 4.69) is 5.32 Å². The molecule has 1 aromatic carbocycles. The lowest BCUT2D eigenvalue weighted by molar-refractivity contribution is -0.120. The minimum atomic E-state index is -0.0540. The topological polar surface area (TPSA) is 64.3 Å². The quantitative estimate of drug-likeness (QED) is 0.831. The minimum Gasteiger partial charge on any atom is -0.494 e. The van der Waals surface area contributed by atoms with E-state index in [-0.39, 0.29) is 11.2 Å². The van der Waals surface area contributed by atoms with Crippen LogP contribution in [0.15, 0.2) is 23.1 Å². The normalized spacial score (nSPS) is 19.6. The number of nitrogens with two attached hydrogens (primary N) is 1. The second-order valence-electron chi connectivity index (χ2n) is 4.53. The van der Waals surface area contributed by atoms with Gasteiger partial charge >= 0.3 is 0 Å². The molecule has 1 atom stereocenters. The van der Waals surface area contributed by atoms with Crippen LogP contribution in [-0.2, 0) is 4.79 Å². The van der Waals surface area contributed by atoms with E-state index >= 15 is 0 Å². The number of benzene rings is 1. The van der Waals surface area contributed by atoms with Gasteiger partial charge in [0.05, 0.1) is 11.9 Å². The second kappa shape index (κ2) is 6.70. The molecule has 0 radical (unpaired) electrons. The summed E-state index contributed by atoms with van der Waals surface area (Å²) in [6.45, 7) is 3.35. The lowest BCUT2D eigenvalue weighted by Crippen LogP contribution is -2.30. The molecule has 1 saturated heterocycles. The summed E-state index contributed by atoms with van der Waals surface area (Å²) in [7, 11) is 0. The third kappa shape index (κ3) is 3.80. The maximum atomic E-state index is 11.9. The van der Waals surface area contributed by atoms with E-state index in [1.54, 1.807) is 0 Å². The number of amides is 1. The van der Waals surface area contributed by atoms with E-state index in [1.165, 1.54) is 11.8 Å². The summed E-state index contributed by atoms with van der Waals surface area (Å²) in [5, 5.41) is 2.89. The molecule has 1 heterocycles. The van der Waals surface area contributed by atoms with E-state index < -0.39 is 0 Å². The molecule has 1 aliphatic heterocycles. The standard InChI is InChI=1S/C14H20N2O2S/c1-2-18-10-6-7-11(15)13(9-10)19-12-5-3-4-8-16-14(12)17/h6-7,9,12H,2-5,8,15H2,1H3,(H,16,17).